The molecule has 21 heavy (non-hydrogen) atoms. The zero-order valence-corrected chi connectivity index (χ0v) is 12.1. The molecule has 0 amide bonds. The molecular formula is C14H22N4O3. The van der Waals surface area contributed by atoms with Crippen LogP contribution in [0.25, 0.3) is 0 Å². The summed E-state index contributed by atoms with van der Waals surface area (Å²) in [5.74, 6) is 1.64. The van der Waals surface area contributed by atoms with Crippen LogP contribution in [0.3, 0.4) is 0 Å². The first-order chi connectivity index (χ1) is 10.4. The highest BCUT2D eigenvalue weighted by Gasteiger charge is 2.25. The minimum atomic E-state index is 0.0640. The molecule has 2 aliphatic heterocycles. The first-order valence-corrected chi connectivity index (χ1v) is 7.49. The molecule has 2 fully saturated rings. The molecule has 0 radical (unpaired) electrons. The van der Waals surface area contributed by atoms with Gasteiger partial charge in [0.2, 0.25) is 0 Å². The summed E-state index contributed by atoms with van der Waals surface area (Å²) in [5, 5.41) is 12.7. The van der Waals surface area contributed by atoms with Gasteiger partial charge in [0.1, 0.15) is 18.0 Å². The van der Waals surface area contributed by atoms with Crippen molar-refractivity contribution in [1.29, 1.82) is 0 Å². The lowest BCUT2D eigenvalue weighted by Gasteiger charge is -2.25. The Morgan fingerprint density at radius 1 is 1.38 bits per heavy atom. The number of rotatable bonds is 5. The molecule has 2 saturated heterocycles. The molecule has 2 N–H and O–H groups in total. The second-order valence-corrected chi connectivity index (χ2v) is 5.38. The second kappa shape index (κ2) is 7.02. The zero-order chi connectivity index (χ0) is 14.5. The van der Waals surface area contributed by atoms with Gasteiger partial charge in [-0.05, 0) is 12.8 Å². The van der Waals surface area contributed by atoms with E-state index in [4.69, 9.17) is 9.47 Å². The number of nitrogens with zero attached hydrogens (tertiary/aromatic N) is 3. The van der Waals surface area contributed by atoms with Crippen LogP contribution in [-0.2, 0) is 9.47 Å². The number of nitrogens with one attached hydrogen (secondary N) is 1. The van der Waals surface area contributed by atoms with Gasteiger partial charge >= 0.3 is 0 Å². The Balaban J connectivity index is 1.60. The van der Waals surface area contributed by atoms with Crippen molar-refractivity contribution in [2.75, 3.05) is 49.7 Å². The van der Waals surface area contributed by atoms with Crippen molar-refractivity contribution >= 4 is 11.6 Å². The van der Waals surface area contributed by atoms with E-state index in [0.29, 0.717) is 26.4 Å². The quantitative estimate of drug-likeness (QED) is 0.806. The van der Waals surface area contributed by atoms with Gasteiger partial charge in [-0.1, -0.05) is 0 Å². The van der Waals surface area contributed by atoms with Crippen molar-refractivity contribution in [3.05, 3.63) is 12.4 Å². The molecule has 3 rings (SSSR count). The molecule has 3 heterocycles. The third-order valence-electron chi connectivity index (χ3n) is 3.93. The van der Waals surface area contributed by atoms with Gasteiger partial charge < -0.3 is 24.8 Å². The Kier molecular flexibility index (Phi) is 4.84. The van der Waals surface area contributed by atoms with E-state index in [2.05, 4.69) is 20.2 Å². The molecule has 2 atom stereocenters. The first-order valence-electron chi connectivity index (χ1n) is 7.49. The molecule has 0 saturated carbocycles. The van der Waals surface area contributed by atoms with Gasteiger partial charge in [0, 0.05) is 19.2 Å². The maximum absolute atomic E-state index is 9.41. The molecule has 116 valence electrons. The molecule has 0 aliphatic carbocycles. The minimum Gasteiger partial charge on any atom is -0.394 e. The lowest BCUT2D eigenvalue weighted by Crippen LogP contribution is -2.34. The number of hydrogen-bond acceptors (Lipinski definition) is 7. The normalized spacial score (nSPS) is 26.0. The number of aliphatic hydroxyl groups is 1. The standard InChI is InChI=1S/C14H22N4O3/c19-8-11-2-1-3-18(11)14-6-13(16-10-17-14)15-7-12-9-20-4-5-21-12/h6,10-12,19H,1-5,7-9H2,(H,15,16,17)/t11-,12+/m1/s1. The lowest BCUT2D eigenvalue weighted by molar-refractivity contribution is -0.0819. The summed E-state index contributed by atoms with van der Waals surface area (Å²) in [4.78, 5) is 10.7. The van der Waals surface area contributed by atoms with Crippen LogP contribution >= 0.6 is 0 Å². The lowest BCUT2D eigenvalue weighted by atomic mass is 10.2. The molecule has 0 aromatic carbocycles. The van der Waals surface area contributed by atoms with Crippen LogP contribution in [0.15, 0.2) is 12.4 Å². The molecule has 1 aromatic rings. The van der Waals surface area contributed by atoms with Crippen molar-refractivity contribution in [3.8, 4) is 0 Å². The molecule has 0 spiro atoms. The highest BCUT2D eigenvalue weighted by molar-refractivity contribution is 5.49. The van der Waals surface area contributed by atoms with Crippen molar-refractivity contribution in [2.45, 2.75) is 25.0 Å². The van der Waals surface area contributed by atoms with Crippen LogP contribution < -0.4 is 10.2 Å². The van der Waals surface area contributed by atoms with Crippen LogP contribution in [0.5, 0.6) is 0 Å². The van der Waals surface area contributed by atoms with E-state index < -0.39 is 0 Å². The van der Waals surface area contributed by atoms with Gasteiger partial charge in [0.15, 0.2) is 0 Å². The molecule has 2 aliphatic rings. The smallest absolute Gasteiger partial charge is 0.134 e. The summed E-state index contributed by atoms with van der Waals surface area (Å²) in [7, 11) is 0. The van der Waals surface area contributed by atoms with E-state index in [0.717, 1.165) is 31.0 Å². The summed E-state index contributed by atoms with van der Waals surface area (Å²) < 4.78 is 11.0. The molecule has 7 nitrogen and oxygen atoms in total. The molecule has 7 heteroatoms. The Morgan fingerprint density at radius 3 is 3.14 bits per heavy atom. The van der Waals surface area contributed by atoms with E-state index in [9.17, 15) is 5.11 Å². The number of ether oxygens (including phenoxy) is 2. The SMILES string of the molecule is OC[C@H]1CCCN1c1cc(NC[C@H]2COCCO2)ncn1. The van der Waals surface area contributed by atoms with E-state index in [1.54, 1.807) is 6.33 Å². The van der Waals surface area contributed by atoms with E-state index >= 15 is 0 Å². The predicted molar refractivity (Wildman–Crippen MR) is 78.5 cm³/mol. The van der Waals surface area contributed by atoms with Crippen molar-refractivity contribution in [1.82, 2.24) is 9.97 Å². The van der Waals surface area contributed by atoms with E-state index in [1.165, 1.54) is 0 Å². The van der Waals surface area contributed by atoms with Crippen molar-refractivity contribution in [2.24, 2.45) is 0 Å². The summed E-state index contributed by atoms with van der Waals surface area (Å²) in [6, 6.07) is 2.10. The highest BCUT2D eigenvalue weighted by atomic mass is 16.6. The fourth-order valence-corrected chi connectivity index (χ4v) is 2.80. The average Bonchev–Trinajstić information content (AvgIpc) is 3.03. The Morgan fingerprint density at radius 2 is 2.33 bits per heavy atom. The number of aliphatic hydroxyl groups excluding tert-OH is 1. The van der Waals surface area contributed by atoms with Crippen LogP contribution in [0.2, 0.25) is 0 Å². The second-order valence-electron chi connectivity index (χ2n) is 5.38. The summed E-state index contributed by atoms with van der Waals surface area (Å²) in [6.45, 7) is 3.70. The van der Waals surface area contributed by atoms with Gasteiger partial charge in [-0.2, -0.15) is 0 Å². The minimum absolute atomic E-state index is 0.0640. The highest BCUT2D eigenvalue weighted by Crippen LogP contribution is 2.24. The van der Waals surface area contributed by atoms with Gasteiger partial charge in [-0.25, -0.2) is 9.97 Å². The summed E-state index contributed by atoms with van der Waals surface area (Å²) in [5.41, 5.74) is 0. The van der Waals surface area contributed by atoms with Gasteiger partial charge in [0.25, 0.3) is 0 Å². The Bertz CT molecular complexity index is 454. The first kappa shape index (κ1) is 14.5. The van der Waals surface area contributed by atoms with E-state index in [-0.39, 0.29) is 18.8 Å². The topological polar surface area (TPSA) is 79.7 Å². The number of aromatic nitrogens is 2. The predicted octanol–water partition coefficient (Wildman–Crippen LogP) is 0.265. The zero-order valence-electron chi connectivity index (χ0n) is 12.1. The molecule has 0 unspecified atom stereocenters. The average molecular weight is 294 g/mol. The largest absolute Gasteiger partial charge is 0.394 e. The summed E-state index contributed by atoms with van der Waals surface area (Å²) >= 11 is 0. The summed E-state index contributed by atoms with van der Waals surface area (Å²) in [6.07, 6.45) is 3.72. The molecular weight excluding hydrogens is 272 g/mol. The fraction of sp³-hybridized carbons (Fsp3) is 0.714. The Hall–Kier alpha value is -1.44. The number of anilines is 2. The fourth-order valence-electron chi connectivity index (χ4n) is 2.80. The Labute approximate surface area is 124 Å². The van der Waals surface area contributed by atoms with Crippen LogP contribution in [0.4, 0.5) is 11.6 Å². The molecule has 1 aromatic heterocycles. The third kappa shape index (κ3) is 3.61. The van der Waals surface area contributed by atoms with E-state index in [1.807, 2.05) is 6.07 Å². The van der Waals surface area contributed by atoms with Crippen molar-refractivity contribution in [3.63, 3.8) is 0 Å². The van der Waals surface area contributed by atoms with Gasteiger partial charge in [0.05, 0.1) is 38.6 Å². The van der Waals surface area contributed by atoms with Crippen molar-refractivity contribution < 1.29 is 14.6 Å². The van der Waals surface area contributed by atoms with Gasteiger partial charge in [-0.3, -0.25) is 0 Å². The monoisotopic (exact) mass is 294 g/mol. The van der Waals surface area contributed by atoms with Crippen LogP contribution in [0.1, 0.15) is 12.8 Å². The van der Waals surface area contributed by atoms with Gasteiger partial charge in [-0.15, -0.1) is 0 Å². The maximum Gasteiger partial charge on any atom is 0.134 e. The van der Waals surface area contributed by atoms with Crippen LogP contribution in [-0.4, -0.2) is 66.7 Å². The number of hydrogen-bond donors (Lipinski definition) is 2. The third-order valence-corrected chi connectivity index (χ3v) is 3.93. The molecule has 0 bridgehead atoms. The maximum atomic E-state index is 9.41. The van der Waals surface area contributed by atoms with Crippen LogP contribution in [0, 0.1) is 0 Å².